The van der Waals surface area contributed by atoms with E-state index in [4.69, 9.17) is 15.4 Å². The summed E-state index contributed by atoms with van der Waals surface area (Å²) in [6.07, 6.45) is 0. The van der Waals surface area contributed by atoms with Gasteiger partial charge in [-0.15, -0.1) is 0 Å². The van der Waals surface area contributed by atoms with Gasteiger partial charge in [0.1, 0.15) is 6.04 Å². The molecule has 3 N–H and O–H groups in total. The molecular weight excluding hydrogens is 266 g/mol. The number of aromatic nitrogens is 2. The van der Waals surface area contributed by atoms with Crippen LogP contribution in [0.15, 0.2) is 34.9 Å². The van der Waals surface area contributed by atoms with Crippen LogP contribution in [0.4, 0.5) is 0 Å². The fourth-order valence-corrected chi connectivity index (χ4v) is 2.17. The predicted molar refractivity (Wildman–Crippen MR) is 71.5 cm³/mol. The first-order valence-electron chi connectivity index (χ1n) is 5.61. The molecule has 19 heavy (non-hydrogen) atoms. The molecule has 100 valence electrons. The minimum atomic E-state index is -1.01. The van der Waals surface area contributed by atoms with Crippen molar-refractivity contribution in [2.75, 3.05) is 5.75 Å². The number of benzene rings is 1. The molecule has 0 amide bonds. The van der Waals surface area contributed by atoms with Gasteiger partial charge in [-0.2, -0.15) is 16.7 Å². The molecule has 0 bridgehead atoms. The van der Waals surface area contributed by atoms with Crippen molar-refractivity contribution in [1.82, 2.24) is 10.1 Å². The van der Waals surface area contributed by atoms with Gasteiger partial charge in [0.05, 0.1) is 5.75 Å². The van der Waals surface area contributed by atoms with Gasteiger partial charge >= 0.3 is 5.97 Å². The van der Waals surface area contributed by atoms with Crippen LogP contribution >= 0.6 is 11.8 Å². The average Bonchev–Trinajstić information content (AvgIpc) is 2.88. The molecule has 0 saturated heterocycles. The molecule has 2 aromatic rings. The second-order valence-electron chi connectivity index (χ2n) is 3.84. The second kappa shape index (κ2) is 6.35. The van der Waals surface area contributed by atoms with Gasteiger partial charge in [-0.3, -0.25) is 4.79 Å². The summed E-state index contributed by atoms with van der Waals surface area (Å²) in [5, 5.41) is 12.5. The molecule has 7 heteroatoms. The van der Waals surface area contributed by atoms with Gasteiger partial charge in [-0.25, -0.2) is 0 Å². The van der Waals surface area contributed by atoms with Gasteiger partial charge in [-0.05, 0) is 12.1 Å². The summed E-state index contributed by atoms with van der Waals surface area (Å²) in [6.45, 7) is 0. The smallest absolute Gasteiger partial charge is 0.321 e. The molecule has 1 aromatic carbocycles. The Hall–Kier alpha value is -1.86. The zero-order chi connectivity index (χ0) is 13.7. The summed E-state index contributed by atoms with van der Waals surface area (Å²) in [6, 6.07) is 8.57. The molecule has 0 aliphatic rings. The Kier molecular flexibility index (Phi) is 4.53. The molecule has 1 atom stereocenters. The Morgan fingerprint density at radius 2 is 2.16 bits per heavy atom. The van der Waals surface area contributed by atoms with Gasteiger partial charge in [0, 0.05) is 11.3 Å². The van der Waals surface area contributed by atoms with Gasteiger partial charge in [-0.1, -0.05) is 23.4 Å². The van der Waals surface area contributed by atoms with E-state index < -0.39 is 12.0 Å². The largest absolute Gasteiger partial charge is 0.480 e. The van der Waals surface area contributed by atoms with E-state index in [-0.39, 0.29) is 0 Å². The van der Waals surface area contributed by atoms with Crippen LogP contribution < -0.4 is 5.73 Å². The Morgan fingerprint density at radius 3 is 2.84 bits per heavy atom. The number of carboxylic acids is 1. The fourth-order valence-electron chi connectivity index (χ4n) is 1.36. The first-order chi connectivity index (χ1) is 9.16. The SMILES string of the molecule is NC(CSCc1noc(-c2ccccc2)n1)C(=O)O. The average molecular weight is 279 g/mol. The third-order valence-corrected chi connectivity index (χ3v) is 3.39. The molecule has 0 aliphatic carbocycles. The minimum absolute atomic E-state index is 0.310. The Morgan fingerprint density at radius 1 is 1.42 bits per heavy atom. The lowest BCUT2D eigenvalue weighted by Gasteiger charge is -2.03. The van der Waals surface area contributed by atoms with Crippen molar-refractivity contribution < 1.29 is 14.4 Å². The van der Waals surface area contributed by atoms with Crippen molar-refractivity contribution in [3.05, 3.63) is 36.2 Å². The maximum Gasteiger partial charge on any atom is 0.321 e. The van der Waals surface area contributed by atoms with Crippen molar-refractivity contribution in [2.24, 2.45) is 5.73 Å². The quantitative estimate of drug-likeness (QED) is 0.823. The molecule has 0 spiro atoms. The monoisotopic (exact) mass is 279 g/mol. The van der Waals surface area contributed by atoms with E-state index in [2.05, 4.69) is 10.1 Å². The number of carboxylic acid groups (broad SMARTS) is 1. The van der Waals surface area contributed by atoms with Crippen molar-refractivity contribution in [2.45, 2.75) is 11.8 Å². The third-order valence-electron chi connectivity index (χ3n) is 2.33. The Balaban J connectivity index is 1.90. The number of carbonyl (C=O) groups is 1. The normalized spacial score (nSPS) is 12.3. The van der Waals surface area contributed by atoms with E-state index in [1.165, 1.54) is 11.8 Å². The van der Waals surface area contributed by atoms with Crippen LogP contribution in [-0.4, -0.2) is 33.0 Å². The second-order valence-corrected chi connectivity index (χ2v) is 4.87. The van der Waals surface area contributed by atoms with Crippen LogP contribution in [0.1, 0.15) is 5.82 Å². The van der Waals surface area contributed by atoms with Gasteiger partial charge in [0.15, 0.2) is 5.82 Å². The number of nitrogens with zero attached hydrogens (tertiary/aromatic N) is 2. The van der Waals surface area contributed by atoms with E-state index in [1.54, 1.807) is 0 Å². The zero-order valence-corrected chi connectivity index (χ0v) is 10.8. The highest BCUT2D eigenvalue weighted by molar-refractivity contribution is 7.98. The lowest BCUT2D eigenvalue weighted by Crippen LogP contribution is -2.32. The lowest BCUT2D eigenvalue weighted by molar-refractivity contribution is -0.137. The highest BCUT2D eigenvalue weighted by atomic mass is 32.2. The molecule has 0 radical (unpaired) electrons. The molecule has 1 unspecified atom stereocenters. The van der Waals surface area contributed by atoms with Gasteiger partial charge in [0.25, 0.3) is 5.89 Å². The van der Waals surface area contributed by atoms with E-state index in [0.29, 0.717) is 23.2 Å². The summed E-state index contributed by atoms with van der Waals surface area (Å²) in [4.78, 5) is 14.8. The molecule has 0 aliphatic heterocycles. The molecular formula is C12H13N3O3S. The summed E-state index contributed by atoms with van der Waals surface area (Å²) < 4.78 is 5.13. The van der Waals surface area contributed by atoms with Crippen LogP contribution in [0.2, 0.25) is 0 Å². The predicted octanol–water partition coefficient (Wildman–Crippen LogP) is 1.38. The Bertz CT molecular complexity index is 544. The maximum absolute atomic E-state index is 10.5. The van der Waals surface area contributed by atoms with Crippen molar-refractivity contribution in [3.8, 4) is 11.5 Å². The van der Waals surface area contributed by atoms with Crippen LogP contribution in [0, 0.1) is 0 Å². The van der Waals surface area contributed by atoms with E-state index in [0.717, 1.165) is 5.56 Å². The van der Waals surface area contributed by atoms with E-state index in [9.17, 15) is 4.79 Å². The summed E-state index contributed by atoms with van der Waals surface area (Å²) in [7, 11) is 0. The van der Waals surface area contributed by atoms with Crippen molar-refractivity contribution >= 4 is 17.7 Å². The highest BCUT2D eigenvalue weighted by Crippen LogP contribution is 2.18. The first kappa shape index (κ1) is 13.6. The maximum atomic E-state index is 10.5. The molecule has 1 heterocycles. The standard InChI is InChI=1S/C12H13N3O3S/c13-9(12(16)17)6-19-7-10-14-11(18-15-10)8-4-2-1-3-5-8/h1-5,9H,6-7,13H2,(H,16,17). The fraction of sp³-hybridized carbons (Fsp3) is 0.250. The highest BCUT2D eigenvalue weighted by Gasteiger charge is 2.13. The van der Waals surface area contributed by atoms with Gasteiger partial charge in [0.2, 0.25) is 0 Å². The van der Waals surface area contributed by atoms with Crippen molar-refractivity contribution in [3.63, 3.8) is 0 Å². The molecule has 0 fully saturated rings. The van der Waals surface area contributed by atoms with E-state index >= 15 is 0 Å². The van der Waals surface area contributed by atoms with Crippen LogP contribution in [0.5, 0.6) is 0 Å². The number of nitrogens with two attached hydrogens (primary N) is 1. The van der Waals surface area contributed by atoms with Crippen LogP contribution in [-0.2, 0) is 10.5 Å². The molecule has 6 nitrogen and oxygen atoms in total. The van der Waals surface area contributed by atoms with Crippen molar-refractivity contribution in [1.29, 1.82) is 0 Å². The zero-order valence-electron chi connectivity index (χ0n) is 10.0. The number of rotatable bonds is 6. The summed E-state index contributed by atoms with van der Waals surface area (Å²) >= 11 is 1.36. The van der Waals surface area contributed by atoms with Crippen LogP contribution in [0.25, 0.3) is 11.5 Å². The number of thioether (sulfide) groups is 1. The van der Waals surface area contributed by atoms with Crippen LogP contribution in [0.3, 0.4) is 0 Å². The number of aliphatic carboxylic acids is 1. The lowest BCUT2D eigenvalue weighted by atomic mass is 10.2. The molecule has 1 aromatic heterocycles. The number of hydrogen-bond acceptors (Lipinski definition) is 6. The molecule has 2 rings (SSSR count). The number of hydrogen-bond donors (Lipinski definition) is 2. The Labute approximate surface area is 114 Å². The minimum Gasteiger partial charge on any atom is -0.480 e. The third kappa shape index (κ3) is 3.80. The summed E-state index contributed by atoms with van der Waals surface area (Å²) in [5.41, 5.74) is 6.25. The van der Waals surface area contributed by atoms with Gasteiger partial charge < -0.3 is 15.4 Å². The topological polar surface area (TPSA) is 102 Å². The van der Waals surface area contributed by atoms with E-state index in [1.807, 2.05) is 30.3 Å². The first-order valence-corrected chi connectivity index (χ1v) is 6.76. The molecule has 0 saturated carbocycles. The summed E-state index contributed by atoms with van der Waals surface area (Å²) in [5.74, 6) is 0.757.